The Bertz CT molecular complexity index is 294. The molecule has 1 unspecified atom stereocenters. The normalized spacial score (nSPS) is 24.1. The zero-order valence-electron chi connectivity index (χ0n) is 13.2. The van der Waals surface area contributed by atoms with Gasteiger partial charge in [0.1, 0.15) is 0 Å². The number of nitrogens with one attached hydrogen (secondary N) is 2. The molecule has 1 aliphatic heterocycles. The van der Waals surface area contributed by atoms with Crippen LogP contribution in [0.4, 0.5) is 4.79 Å². The van der Waals surface area contributed by atoms with Crippen molar-refractivity contribution < 1.29 is 4.79 Å². The smallest absolute Gasteiger partial charge is 0.317 e. The van der Waals surface area contributed by atoms with Crippen LogP contribution in [0.15, 0.2) is 0 Å². The van der Waals surface area contributed by atoms with E-state index in [1.165, 1.54) is 32.1 Å². The summed E-state index contributed by atoms with van der Waals surface area (Å²) in [7, 11) is 0. The minimum Gasteiger partial charge on any atom is -0.335 e. The molecule has 1 saturated heterocycles. The number of hydrogen-bond donors (Lipinski definition) is 2. The van der Waals surface area contributed by atoms with Crippen molar-refractivity contribution in [2.45, 2.75) is 70.9 Å². The molecule has 2 rings (SSSR count). The Labute approximate surface area is 123 Å². The summed E-state index contributed by atoms with van der Waals surface area (Å²) < 4.78 is 0. The highest BCUT2D eigenvalue weighted by molar-refractivity contribution is 5.74. The standard InChI is InChI=1S/C16H31N3O/c1-13(2)11-19(12-15-9-6-10-17-15)16(20)18-14-7-4-3-5-8-14/h13-15,17H,3-12H2,1-2H3,(H,18,20). The van der Waals surface area contributed by atoms with Crippen LogP contribution in [0.5, 0.6) is 0 Å². The molecule has 1 saturated carbocycles. The van der Waals surface area contributed by atoms with Gasteiger partial charge in [-0.2, -0.15) is 0 Å². The lowest BCUT2D eigenvalue weighted by Crippen LogP contribution is -2.50. The van der Waals surface area contributed by atoms with Crippen LogP contribution >= 0.6 is 0 Å². The van der Waals surface area contributed by atoms with Crippen LogP contribution in [0.2, 0.25) is 0 Å². The molecule has 0 aromatic rings. The van der Waals surface area contributed by atoms with Gasteiger partial charge in [-0.1, -0.05) is 33.1 Å². The first-order valence-corrected chi connectivity index (χ1v) is 8.44. The maximum absolute atomic E-state index is 12.5. The van der Waals surface area contributed by atoms with Gasteiger partial charge in [-0.15, -0.1) is 0 Å². The molecule has 0 aromatic heterocycles. The molecule has 2 aliphatic rings. The fourth-order valence-corrected chi connectivity index (χ4v) is 3.37. The van der Waals surface area contributed by atoms with Crippen molar-refractivity contribution in [2.24, 2.45) is 5.92 Å². The van der Waals surface area contributed by atoms with E-state index in [2.05, 4.69) is 24.5 Å². The number of rotatable bonds is 5. The first kappa shape index (κ1) is 15.6. The van der Waals surface area contributed by atoms with Gasteiger partial charge in [-0.25, -0.2) is 4.79 Å². The molecule has 2 amide bonds. The number of urea groups is 1. The van der Waals surface area contributed by atoms with Crippen LogP contribution in [0.3, 0.4) is 0 Å². The zero-order chi connectivity index (χ0) is 14.4. The molecule has 0 aromatic carbocycles. The van der Waals surface area contributed by atoms with E-state index in [1.807, 2.05) is 4.90 Å². The van der Waals surface area contributed by atoms with Gasteiger partial charge in [0.15, 0.2) is 0 Å². The predicted molar refractivity (Wildman–Crippen MR) is 82.8 cm³/mol. The van der Waals surface area contributed by atoms with E-state index in [4.69, 9.17) is 0 Å². The molecule has 2 N–H and O–H groups in total. The van der Waals surface area contributed by atoms with Gasteiger partial charge in [-0.05, 0) is 38.1 Å². The summed E-state index contributed by atoms with van der Waals surface area (Å²) in [6, 6.07) is 1.05. The highest BCUT2D eigenvalue weighted by Crippen LogP contribution is 2.18. The molecule has 1 aliphatic carbocycles. The second-order valence-corrected chi connectivity index (χ2v) is 6.88. The Kier molecular flexibility index (Phi) is 6.14. The maximum atomic E-state index is 12.5. The van der Waals surface area contributed by atoms with Gasteiger partial charge >= 0.3 is 6.03 Å². The molecule has 116 valence electrons. The van der Waals surface area contributed by atoms with Gasteiger partial charge < -0.3 is 15.5 Å². The van der Waals surface area contributed by atoms with Crippen LogP contribution in [-0.4, -0.2) is 42.6 Å². The molecule has 1 atom stereocenters. The average Bonchev–Trinajstić information content (AvgIpc) is 2.91. The minimum atomic E-state index is 0.152. The van der Waals surface area contributed by atoms with E-state index in [-0.39, 0.29) is 6.03 Å². The van der Waals surface area contributed by atoms with Crippen molar-refractivity contribution in [1.29, 1.82) is 0 Å². The third-order valence-electron chi connectivity index (χ3n) is 4.41. The Hall–Kier alpha value is -0.770. The van der Waals surface area contributed by atoms with Crippen molar-refractivity contribution in [3.63, 3.8) is 0 Å². The fourth-order valence-electron chi connectivity index (χ4n) is 3.37. The van der Waals surface area contributed by atoms with E-state index in [1.54, 1.807) is 0 Å². The summed E-state index contributed by atoms with van der Waals surface area (Å²) in [5.74, 6) is 0.522. The molecule has 0 bridgehead atoms. The molecule has 4 nitrogen and oxygen atoms in total. The number of hydrogen-bond acceptors (Lipinski definition) is 2. The third-order valence-corrected chi connectivity index (χ3v) is 4.41. The number of nitrogens with zero attached hydrogens (tertiary/aromatic N) is 1. The van der Waals surface area contributed by atoms with E-state index in [0.29, 0.717) is 18.0 Å². The highest BCUT2D eigenvalue weighted by atomic mass is 16.2. The monoisotopic (exact) mass is 281 g/mol. The average molecular weight is 281 g/mol. The number of carbonyl (C=O) groups is 1. The Balaban J connectivity index is 1.84. The molecule has 4 heteroatoms. The predicted octanol–water partition coefficient (Wildman–Crippen LogP) is 2.74. The van der Waals surface area contributed by atoms with Crippen molar-refractivity contribution in [3.8, 4) is 0 Å². The largest absolute Gasteiger partial charge is 0.335 e. The molecule has 0 spiro atoms. The number of amides is 2. The van der Waals surface area contributed by atoms with E-state index in [9.17, 15) is 4.79 Å². The first-order chi connectivity index (χ1) is 9.65. The lowest BCUT2D eigenvalue weighted by atomic mass is 9.96. The Morgan fingerprint density at radius 3 is 2.55 bits per heavy atom. The van der Waals surface area contributed by atoms with Crippen LogP contribution in [0.1, 0.15) is 58.8 Å². The quantitative estimate of drug-likeness (QED) is 0.814. The van der Waals surface area contributed by atoms with Crippen molar-refractivity contribution in [3.05, 3.63) is 0 Å². The molecule has 1 heterocycles. The second-order valence-electron chi connectivity index (χ2n) is 6.88. The number of carbonyl (C=O) groups excluding carboxylic acids is 1. The van der Waals surface area contributed by atoms with E-state index < -0.39 is 0 Å². The van der Waals surface area contributed by atoms with Gasteiger partial charge in [0, 0.05) is 25.2 Å². The van der Waals surface area contributed by atoms with Crippen LogP contribution < -0.4 is 10.6 Å². The SMILES string of the molecule is CC(C)CN(CC1CCCN1)C(=O)NC1CCCCC1. The van der Waals surface area contributed by atoms with E-state index in [0.717, 1.165) is 32.5 Å². The summed E-state index contributed by atoms with van der Waals surface area (Å²) in [6.45, 7) is 7.18. The minimum absolute atomic E-state index is 0.152. The fraction of sp³-hybridized carbons (Fsp3) is 0.938. The lowest BCUT2D eigenvalue weighted by Gasteiger charge is -2.31. The first-order valence-electron chi connectivity index (χ1n) is 8.44. The topological polar surface area (TPSA) is 44.4 Å². The lowest BCUT2D eigenvalue weighted by molar-refractivity contribution is 0.178. The van der Waals surface area contributed by atoms with Crippen molar-refractivity contribution in [1.82, 2.24) is 15.5 Å². The molecular weight excluding hydrogens is 250 g/mol. The van der Waals surface area contributed by atoms with Gasteiger partial charge in [0.25, 0.3) is 0 Å². The highest BCUT2D eigenvalue weighted by Gasteiger charge is 2.24. The maximum Gasteiger partial charge on any atom is 0.317 e. The van der Waals surface area contributed by atoms with Crippen LogP contribution in [-0.2, 0) is 0 Å². The van der Waals surface area contributed by atoms with Crippen molar-refractivity contribution in [2.75, 3.05) is 19.6 Å². The summed E-state index contributed by atoms with van der Waals surface area (Å²) in [5.41, 5.74) is 0. The molecule has 0 radical (unpaired) electrons. The van der Waals surface area contributed by atoms with E-state index >= 15 is 0 Å². The third kappa shape index (κ3) is 4.97. The Morgan fingerprint density at radius 2 is 1.95 bits per heavy atom. The van der Waals surface area contributed by atoms with Crippen LogP contribution in [0.25, 0.3) is 0 Å². The summed E-state index contributed by atoms with van der Waals surface area (Å²) in [6.07, 6.45) is 8.61. The summed E-state index contributed by atoms with van der Waals surface area (Å²) in [5, 5.41) is 6.75. The molecular formula is C16H31N3O. The molecule has 2 fully saturated rings. The Morgan fingerprint density at radius 1 is 1.20 bits per heavy atom. The van der Waals surface area contributed by atoms with Gasteiger partial charge in [-0.3, -0.25) is 0 Å². The van der Waals surface area contributed by atoms with Crippen molar-refractivity contribution >= 4 is 6.03 Å². The zero-order valence-corrected chi connectivity index (χ0v) is 13.2. The van der Waals surface area contributed by atoms with Gasteiger partial charge in [0.2, 0.25) is 0 Å². The second kappa shape index (κ2) is 7.87. The van der Waals surface area contributed by atoms with Gasteiger partial charge in [0.05, 0.1) is 0 Å². The molecule has 20 heavy (non-hydrogen) atoms. The van der Waals surface area contributed by atoms with Crippen LogP contribution in [0, 0.1) is 5.92 Å². The summed E-state index contributed by atoms with van der Waals surface area (Å²) in [4.78, 5) is 14.6. The summed E-state index contributed by atoms with van der Waals surface area (Å²) >= 11 is 0.